The molecule has 1 aliphatic rings. The molecular formula is C17H18F2N4O3S. The molecule has 2 aromatic rings. The molecule has 2 heterocycles. The second-order valence-corrected chi connectivity index (χ2v) is 7.74. The van der Waals surface area contributed by atoms with E-state index in [1.54, 1.807) is 4.90 Å². The first-order valence-corrected chi connectivity index (χ1v) is 9.79. The van der Waals surface area contributed by atoms with Crippen LogP contribution in [0.5, 0.6) is 0 Å². The lowest BCUT2D eigenvalue weighted by Crippen LogP contribution is -2.33. The molecule has 1 aliphatic heterocycles. The number of carbonyl (C=O) groups excluding carboxylic acids is 1. The van der Waals surface area contributed by atoms with Crippen LogP contribution in [0.3, 0.4) is 0 Å². The number of aromatic nitrogens is 1. The molecule has 1 aromatic carbocycles. The first-order chi connectivity index (χ1) is 12.8. The molecule has 1 amide bonds. The molecule has 2 N–H and O–H groups in total. The van der Waals surface area contributed by atoms with E-state index in [2.05, 4.69) is 15.0 Å². The Balaban J connectivity index is 1.62. The van der Waals surface area contributed by atoms with Gasteiger partial charge < -0.3 is 10.2 Å². The number of halogens is 2. The number of nitrogens with zero attached hydrogens (tertiary/aromatic N) is 2. The Kier molecular flexibility index (Phi) is 5.54. The Hall–Kier alpha value is -2.75. The van der Waals surface area contributed by atoms with E-state index >= 15 is 0 Å². The minimum Gasteiger partial charge on any atom is -0.361 e. The van der Waals surface area contributed by atoms with Gasteiger partial charge in [-0.15, -0.1) is 0 Å². The van der Waals surface area contributed by atoms with Crippen LogP contribution < -0.4 is 10.0 Å². The number of pyridine rings is 1. The maximum atomic E-state index is 13.2. The zero-order valence-electron chi connectivity index (χ0n) is 14.3. The lowest BCUT2D eigenvalue weighted by molar-refractivity contribution is -0.128. The quantitative estimate of drug-likeness (QED) is 0.781. The van der Waals surface area contributed by atoms with Crippen LogP contribution in [0.15, 0.2) is 41.4 Å². The first-order valence-electron chi connectivity index (χ1n) is 8.31. The van der Waals surface area contributed by atoms with E-state index in [1.165, 1.54) is 12.1 Å². The summed E-state index contributed by atoms with van der Waals surface area (Å²) < 4.78 is 52.9. The van der Waals surface area contributed by atoms with Crippen molar-refractivity contribution in [2.24, 2.45) is 0 Å². The van der Waals surface area contributed by atoms with Gasteiger partial charge in [0.05, 0.1) is 12.2 Å². The van der Waals surface area contributed by atoms with E-state index in [0.717, 1.165) is 50.3 Å². The van der Waals surface area contributed by atoms with Crippen molar-refractivity contribution in [3.05, 3.63) is 48.2 Å². The molecule has 0 atom stereocenters. The van der Waals surface area contributed by atoms with Gasteiger partial charge in [-0.2, -0.15) is 0 Å². The van der Waals surface area contributed by atoms with Crippen molar-refractivity contribution in [2.45, 2.75) is 17.7 Å². The molecule has 0 spiro atoms. The van der Waals surface area contributed by atoms with Gasteiger partial charge in [0.15, 0.2) is 11.6 Å². The van der Waals surface area contributed by atoms with E-state index in [9.17, 15) is 22.0 Å². The summed E-state index contributed by atoms with van der Waals surface area (Å²) >= 11 is 0. The van der Waals surface area contributed by atoms with E-state index in [-0.39, 0.29) is 23.0 Å². The number of carbonyl (C=O) groups is 1. The van der Waals surface area contributed by atoms with Crippen LogP contribution >= 0.6 is 0 Å². The molecule has 7 nitrogen and oxygen atoms in total. The van der Waals surface area contributed by atoms with Crippen molar-refractivity contribution in [3.8, 4) is 0 Å². The Morgan fingerprint density at radius 1 is 1.11 bits per heavy atom. The SMILES string of the molecule is O=C(CNc1ccc(S(=O)(=O)Nc2ccc(F)c(F)c2)cn1)N1CCCC1. The van der Waals surface area contributed by atoms with Crippen LogP contribution in [-0.4, -0.2) is 43.8 Å². The molecule has 10 heteroatoms. The van der Waals surface area contributed by atoms with Crippen molar-refractivity contribution in [1.82, 2.24) is 9.88 Å². The monoisotopic (exact) mass is 396 g/mol. The Labute approximate surface area is 155 Å². The number of anilines is 2. The van der Waals surface area contributed by atoms with E-state index in [1.807, 2.05) is 0 Å². The van der Waals surface area contributed by atoms with E-state index in [0.29, 0.717) is 5.82 Å². The Bertz CT molecular complexity index is 930. The third-order valence-corrected chi connectivity index (χ3v) is 5.46. The van der Waals surface area contributed by atoms with Gasteiger partial charge in [0, 0.05) is 25.4 Å². The smallest absolute Gasteiger partial charge is 0.263 e. The third kappa shape index (κ3) is 4.70. The van der Waals surface area contributed by atoms with Gasteiger partial charge in [0.1, 0.15) is 10.7 Å². The molecular weight excluding hydrogens is 378 g/mol. The maximum absolute atomic E-state index is 13.2. The summed E-state index contributed by atoms with van der Waals surface area (Å²) in [5, 5.41) is 2.85. The predicted octanol–water partition coefficient (Wildman–Crippen LogP) is 2.19. The number of hydrogen-bond donors (Lipinski definition) is 2. The summed E-state index contributed by atoms with van der Waals surface area (Å²) in [5.41, 5.74) is -0.104. The summed E-state index contributed by atoms with van der Waals surface area (Å²) in [6.45, 7) is 1.58. The van der Waals surface area contributed by atoms with Gasteiger partial charge in [0.2, 0.25) is 5.91 Å². The largest absolute Gasteiger partial charge is 0.361 e. The minimum atomic E-state index is -4.01. The van der Waals surface area contributed by atoms with Gasteiger partial charge in [-0.3, -0.25) is 9.52 Å². The van der Waals surface area contributed by atoms with Crippen molar-refractivity contribution in [1.29, 1.82) is 0 Å². The van der Waals surface area contributed by atoms with Crippen molar-refractivity contribution in [3.63, 3.8) is 0 Å². The van der Waals surface area contributed by atoms with Crippen molar-refractivity contribution < 1.29 is 22.0 Å². The second-order valence-electron chi connectivity index (χ2n) is 6.05. The molecule has 0 radical (unpaired) electrons. The highest BCUT2D eigenvalue weighted by Crippen LogP contribution is 2.19. The zero-order chi connectivity index (χ0) is 19.4. The number of sulfonamides is 1. The van der Waals surface area contributed by atoms with Crippen LogP contribution in [-0.2, 0) is 14.8 Å². The number of benzene rings is 1. The average molecular weight is 396 g/mol. The molecule has 1 aromatic heterocycles. The summed E-state index contributed by atoms with van der Waals surface area (Å²) in [6.07, 6.45) is 3.12. The van der Waals surface area contributed by atoms with E-state index in [4.69, 9.17) is 0 Å². The zero-order valence-corrected chi connectivity index (χ0v) is 15.1. The Morgan fingerprint density at radius 3 is 2.48 bits per heavy atom. The van der Waals surface area contributed by atoms with Gasteiger partial charge in [-0.25, -0.2) is 22.2 Å². The van der Waals surface area contributed by atoms with Crippen LogP contribution in [0.2, 0.25) is 0 Å². The number of amides is 1. The highest BCUT2D eigenvalue weighted by atomic mass is 32.2. The summed E-state index contributed by atoms with van der Waals surface area (Å²) in [4.78, 5) is 17.6. The van der Waals surface area contributed by atoms with Gasteiger partial charge in [0.25, 0.3) is 10.0 Å². The van der Waals surface area contributed by atoms with E-state index < -0.39 is 21.7 Å². The predicted molar refractivity (Wildman–Crippen MR) is 95.7 cm³/mol. The summed E-state index contributed by atoms with van der Waals surface area (Å²) in [5.74, 6) is -1.91. The molecule has 1 saturated heterocycles. The molecule has 0 bridgehead atoms. The highest BCUT2D eigenvalue weighted by Gasteiger charge is 2.18. The van der Waals surface area contributed by atoms with Crippen LogP contribution in [0.4, 0.5) is 20.3 Å². The van der Waals surface area contributed by atoms with Crippen LogP contribution in [0, 0.1) is 11.6 Å². The van der Waals surface area contributed by atoms with Crippen molar-refractivity contribution >= 4 is 27.4 Å². The number of likely N-dealkylation sites (tertiary alicyclic amines) is 1. The fourth-order valence-corrected chi connectivity index (χ4v) is 3.66. The summed E-state index contributed by atoms with van der Waals surface area (Å²) in [7, 11) is -4.01. The fourth-order valence-electron chi connectivity index (χ4n) is 2.66. The molecule has 27 heavy (non-hydrogen) atoms. The molecule has 0 unspecified atom stereocenters. The molecule has 0 aliphatic carbocycles. The third-order valence-electron chi connectivity index (χ3n) is 4.10. The fraction of sp³-hybridized carbons (Fsp3) is 0.294. The highest BCUT2D eigenvalue weighted by molar-refractivity contribution is 7.92. The molecule has 3 rings (SSSR count). The van der Waals surface area contributed by atoms with Crippen LogP contribution in [0.25, 0.3) is 0 Å². The van der Waals surface area contributed by atoms with Gasteiger partial charge in [-0.1, -0.05) is 0 Å². The van der Waals surface area contributed by atoms with Gasteiger partial charge >= 0.3 is 0 Å². The number of rotatable bonds is 6. The molecule has 1 fully saturated rings. The first kappa shape index (κ1) is 19.0. The second kappa shape index (κ2) is 7.87. The minimum absolute atomic E-state index is 0.0361. The number of nitrogens with one attached hydrogen (secondary N) is 2. The standard InChI is InChI=1S/C17H18F2N4O3S/c18-14-5-3-12(9-15(14)19)22-27(25,26)13-4-6-16(20-10-13)21-11-17(24)23-7-1-2-8-23/h3-6,9-10,22H,1-2,7-8,11H2,(H,20,21). The summed E-state index contributed by atoms with van der Waals surface area (Å²) in [6, 6.07) is 5.42. The number of hydrogen-bond acceptors (Lipinski definition) is 5. The van der Waals surface area contributed by atoms with Crippen molar-refractivity contribution in [2.75, 3.05) is 29.7 Å². The lowest BCUT2D eigenvalue weighted by Gasteiger charge is -2.15. The lowest BCUT2D eigenvalue weighted by atomic mass is 10.3. The van der Waals surface area contributed by atoms with Gasteiger partial charge in [-0.05, 0) is 37.1 Å². The van der Waals surface area contributed by atoms with Crippen LogP contribution in [0.1, 0.15) is 12.8 Å². The molecule has 144 valence electrons. The Morgan fingerprint density at radius 2 is 1.85 bits per heavy atom. The topological polar surface area (TPSA) is 91.4 Å². The average Bonchev–Trinajstić information content (AvgIpc) is 3.18. The normalized spacial score (nSPS) is 14.2. The molecule has 0 saturated carbocycles. The maximum Gasteiger partial charge on any atom is 0.263 e.